The highest BCUT2D eigenvalue weighted by Gasteiger charge is 2.24. The summed E-state index contributed by atoms with van der Waals surface area (Å²) < 4.78 is 0. The molecule has 0 unspecified atom stereocenters. The first-order valence-electron chi connectivity index (χ1n) is 11.8. The number of amides is 3. The lowest BCUT2D eigenvalue weighted by molar-refractivity contribution is 0.102. The summed E-state index contributed by atoms with van der Waals surface area (Å²) in [6.45, 7) is 1.29. The van der Waals surface area contributed by atoms with E-state index in [1.54, 1.807) is 62.8 Å². The smallest absolute Gasteiger partial charge is 0.317 e. The second-order valence-electron chi connectivity index (χ2n) is 8.79. The molecule has 0 spiro atoms. The lowest BCUT2D eigenvalue weighted by Crippen LogP contribution is -2.50. The Bertz CT molecular complexity index is 1270. The van der Waals surface area contributed by atoms with Gasteiger partial charge in [0, 0.05) is 50.7 Å². The summed E-state index contributed by atoms with van der Waals surface area (Å²) >= 11 is 0. The van der Waals surface area contributed by atoms with Gasteiger partial charge in [0.1, 0.15) is 23.0 Å². The van der Waals surface area contributed by atoms with E-state index in [1.165, 1.54) is 11.1 Å². The molecular formula is C25H27BN8O3. The van der Waals surface area contributed by atoms with Gasteiger partial charge in [0.15, 0.2) is 13.7 Å². The third kappa shape index (κ3) is 6.60. The minimum absolute atomic E-state index is 0.00445. The first kappa shape index (κ1) is 25.6. The first-order chi connectivity index (χ1) is 17.8. The van der Waals surface area contributed by atoms with E-state index < -0.39 is 5.68 Å². The summed E-state index contributed by atoms with van der Waals surface area (Å²) in [4.78, 5) is 53.0. The Morgan fingerprint density at radius 3 is 2.54 bits per heavy atom. The number of anilines is 4. The molecule has 3 aromatic rings. The van der Waals surface area contributed by atoms with E-state index in [2.05, 4.69) is 30.9 Å². The number of benzene rings is 1. The van der Waals surface area contributed by atoms with Crippen LogP contribution in [0.1, 0.15) is 33.7 Å². The van der Waals surface area contributed by atoms with Crippen LogP contribution in [0.2, 0.25) is 0 Å². The van der Waals surface area contributed by atoms with Crippen LogP contribution in [0.15, 0.2) is 54.9 Å². The molecule has 0 bridgehead atoms. The number of piperidine rings is 1. The van der Waals surface area contributed by atoms with E-state index in [-0.39, 0.29) is 29.5 Å². The fraction of sp³-hybridized carbons (Fsp3) is 0.280. The Hall–Kier alpha value is -4.48. The van der Waals surface area contributed by atoms with Crippen LogP contribution < -0.4 is 20.9 Å². The van der Waals surface area contributed by atoms with Crippen LogP contribution in [0, 0.1) is 0 Å². The lowest BCUT2D eigenvalue weighted by Gasteiger charge is -2.34. The highest BCUT2D eigenvalue weighted by atomic mass is 16.2. The van der Waals surface area contributed by atoms with Gasteiger partial charge in [0.25, 0.3) is 5.91 Å². The van der Waals surface area contributed by atoms with Crippen molar-refractivity contribution >= 4 is 48.6 Å². The first-order valence-corrected chi connectivity index (χ1v) is 11.8. The van der Waals surface area contributed by atoms with Crippen molar-refractivity contribution in [2.45, 2.75) is 18.9 Å². The lowest BCUT2D eigenvalue weighted by atomic mass is 9.99. The molecule has 188 valence electrons. The second-order valence-corrected chi connectivity index (χ2v) is 8.79. The molecule has 0 aliphatic carbocycles. The number of urea groups is 1. The molecule has 2 aromatic heterocycles. The van der Waals surface area contributed by atoms with Gasteiger partial charge in [-0.05, 0) is 49.2 Å². The molecule has 37 heavy (non-hydrogen) atoms. The summed E-state index contributed by atoms with van der Waals surface area (Å²) in [7, 11) is 8.92. The third-order valence-electron chi connectivity index (χ3n) is 5.79. The van der Waals surface area contributed by atoms with Crippen molar-refractivity contribution in [1.82, 2.24) is 25.2 Å². The number of carbonyl (C=O) groups is 3. The average molecular weight is 498 g/mol. The van der Waals surface area contributed by atoms with Gasteiger partial charge in [-0.15, -0.1) is 0 Å². The number of nitrogens with zero attached hydrogens (tertiary/aromatic N) is 5. The molecule has 3 heterocycles. The van der Waals surface area contributed by atoms with Gasteiger partial charge < -0.3 is 30.5 Å². The largest absolute Gasteiger partial charge is 0.353 e. The van der Waals surface area contributed by atoms with Crippen LogP contribution in [-0.2, 0) is 0 Å². The van der Waals surface area contributed by atoms with E-state index in [0.29, 0.717) is 29.4 Å². The molecule has 1 aliphatic heterocycles. The highest BCUT2D eigenvalue weighted by molar-refractivity contribution is 6.62. The molecule has 3 amide bonds. The van der Waals surface area contributed by atoms with Gasteiger partial charge in [-0.2, -0.15) is 0 Å². The van der Waals surface area contributed by atoms with E-state index in [1.807, 2.05) is 4.90 Å². The van der Waals surface area contributed by atoms with Gasteiger partial charge in [-0.3, -0.25) is 4.79 Å². The molecule has 4 rings (SSSR count). The Morgan fingerprint density at radius 2 is 1.86 bits per heavy atom. The molecule has 1 aromatic carbocycles. The summed E-state index contributed by atoms with van der Waals surface area (Å²) in [5.74, 6) is 0.915. The number of pyridine rings is 1. The number of hydrogen-bond donors (Lipinski definition) is 3. The van der Waals surface area contributed by atoms with Gasteiger partial charge in [0.2, 0.25) is 0 Å². The molecule has 3 N–H and O–H groups in total. The van der Waals surface area contributed by atoms with Gasteiger partial charge >= 0.3 is 6.03 Å². The number of rotatable bonds is 7. The number of carbonyl (C=O) groups excluding carboxylic acids is 3. The molecule has 1 atom stereocenters. The normalized spacial score (nSPS) is 15.0. The van der Waals surface area contributed by atoms with Crippen LogP contribution in [0.3, 0.4) is 0 Å². The van der Waals surface area contributed by atoms with Crippen molar-refractivity contribution in [3.05, 3.63) is 66.1 Å². The Kier molecular flexibility index (Phi) is 7.97. The van der Waals surface area contributed by atoms with Crippen LogP contribution in [0.4, 0.5) is 27.9 Å². The molecule has 0 saturated carbocycles. The summed E-state index contributed by atoms with van der Waals surface area (Å²) in [5, 5.41) is 8.82. The fourth-order valence-corrected chi connectivity index (χ4v) is 3.87. The second kappa shape index (κ2) is 11.5. The van der Waals surface area contributed by atoms with Gasteiger partial charge in [0.05, 0.1) is 6.20 Å². The summed E-state index contributed by atoms with van der Waals surface area (Å²) in [6, 6.07) is 11.7. The molecule has 2 radical (unpaired) electrons. The predicted molar refractivity (Wildman–Crippen MR) is 141 cm³/mol. The fourth-order valence-electron chi connectivity index (χ4n) is 3.87. The molecule has 12 heteroatoms. The Balaban J connectivity index is 1.48. The monoisotopic (exact) mass is 498 g/mol. The zero-order valence-electron chi connectivity index (χ0n) is 20.6. The van der Waals surface area contributed by atoms with Crippen molar-refractivity contribution < 1.29 is 14.4 Å². The van der Waals surface area contributed by atoms with Crippen LogP contribution in [0.5, 0.6) is 0 Å². The highest BCUT2D eigenvalue weighted by Crippen LogP contribution is 2.24. The maximum atomic E-state index is 12.5. The predicted octanol–water partition coefficient (Wildman–Crippen LogP) is 2.42. The van der Waals surface area contributed by atoms with Crippen molar-refractivity contribution in [3.63, 3.8) is 0 Å². The molecule has 1 fully saturated rings. The average Bonchev–Trinajstić information content (AvgIpc) is 2.89. The van der Waals surface area contributed by atoms with Gasteiger partial charge in [-0.1, -0.05) is 6.07 Å². The Labute approximate surface area is 216 Å². The van der Waals surface area contributed by atoms with E-state index in [9.17, 15) is 14.4 Å². The third-order valence-corrected chi connectivity index (χ3v) is 5.79. The van der Waals surface area contributed by atoms with E-state index >= 15 is 0 Å². The van der Waals surface area contributed by atoms with Crippen molar-refractivity contribution in [2.75, 3.05) is 42.7 Å². The SMILES string of the molecule is [B]C(=O)c1ncc(N2CCC[C@@H](NC(=O)N(C)C)C2)nc1Nc1ccc(C(=O)Nc2ccccn2)cc1. The maximum absolute atomic E-state index is 12.5. The minimum atomic E-state index is -0.720. The zero-order valence-corrected chi connectivity index (χ0v) is 20.6. The van der Waals surface area contributed by atoms with Crippen molar-refractivity contribution in [2.24, 2.45) is 0 Å². The Morgan fingerprint density at radius 1 is 1.08 bits per heavy atom. The summed E-state index contributed by atoms with van der Waals surface area (Å²) in [6.07, 6.45) is 4.82. The van der Waals surface area contributed by atoms with E-state index in [0.717, 1.165) is 19.4 Å². The van der Waals surface area contributed by atoms with Crippen LogP contribution in [-0.4, -0.2) is 78.5 Å². The summed E-state index contributed by atoms with van der Waals surface area (Å²) in [5.41, 5.74) is 0.307. The molecule has 1 aliphatic rings. The van der Waals surface area contributed by atoms with Crippen molar-refractivity contribution in [1.29, 1.82) is 0 Å². The standard InChI is InChI=1S/C25H27BN8O3/c1-33(2)25(37)30-18-6-5-13-34(15-18)20-14-28-21(22(26)35)23(32-20)29-17-10-8-16(9-11-17)24(36)31-19-7-3-4-12-27-19/h3-4,7-12,14,18H,5-6,13,15H2,1-2H3,(H,29,32)(H,30,37)(H,27,31,36)/t18-/m1/s1. The van der Waals surface area contributed by atoms with Crippen LogP contribution >= 0.6 is 0 Å². The number of nitrogens with one attached hydrogen (secondary N) is 3. The van der Waals surface area contributed by atoms with Crippen molar-refractivity contribution in [3.8, 4) is 0 Å². The minimum Gasteiger partial charge on any atom is -0.353 e. The number of hydrogen-bond acceptors (Lipinski definition) is 8. The van der Waals surface area contributed by atoms with Gasteiger partial charge in [-0.25, -0.2) is 19.7 Å². The number of aromatic nitrogens is 3. The quantitative estimate of drug-likeness (QED) is 0.423. The van der Waals surface area contributed by atoms with E-state index in [4.69, 9.17) is 7.85 Å². The zero-order chi connectivity index (χ0) is 26.4. The maximum Gasteiger partial charge on any atom is 0.317 e. The molecular weight excluding hydrogens is 471 g/mol. The topological polar surface area (TPSA) is 132 Å². The van der Waals surface area contributed by atoms with Crippen LogP contribution in [0.25, 0.3) is 0 Å². The molecule has 11 nitrogen and oxygen atoms in total. The molecule has 1 saturated heterocycles.